The predicted octanol–water partition coefficient (Wildman–Crippen LogP) is 4.61. The lowest BCUT2D eigenvalue weighted by molar-refractivity contribution is 0.110. The lowest BCUT2D eigenvalue weighted by Gasteiger charge is -2.34. The summed E-state index contributed by atoms with van der Waals surface area (Å²) >= 11 is 1.09. The number of benzene rings is 1. The molecule has 0 saturated heterocycles. The SMILES string of the molecule is Cc1noc(C(F)F)c1[C@@H]1C[C@@](C)(c2ccc(F)cc2F)N=C(N)S1. The molecule has 2 atom stereocenters. The lowest BCUT2D eigenvalue weighted by Crippen LogP contribution is -2.31. The first-order valence-corrected chi connectivity index (χ1v) is 8.31. The molecule has 0 aliphatic carbocycles. The molecule has 0 bridgehead atoms. The molecule has 3 rings (SSSR count). The molecule has 1 aromatic heterocycles. The molecule has 0 radical (unpaired) electrons. The molecular weight excluding hydrogens is 358 g/mol. The highest BCUT2D eigenvalue weighted by Crippen LogP contribution is 2.49. The number of hydrogen-bond acceptors (Lipinski definition) is 5. The normalized spacial score (nSPS) is 23.8. The van der Waals surface area contributed by atoms with E-state index in [9.17, 15) is 17.6 Å². The summed E-state index contributed by atoms with van der Waals surface area (Å²) in [6.45, 7) is 3.19. The summed E-state index contributed by atoms with van der Waals surface area (Å²) in [5, 5.41) is 3.20. The first-order valence-electron chi connectivity index (χ1n) is 7.43. The Bertz CT molecular complexity index is 839. The van der Waals surface area contributed by atoms with Crippen molar-refractivity contribution in [2.24, 2.45) is 10.7 Å². The van der Waals surface area contributed by atoms with Gasteiger partial charge in [0.25, 0.3) is 6.43 Å². The highest BCUT2D eigenvalue weighted by molar-refractivity contribution is 8.14. The third kappa shape index (κ3) is 3.24. The molecule has 1 aromatic carbocycles. The van der Waals surface area contributed by atoms with E-state index in [0.717, 1.165) is 23.9 Å². The van der Waals surface area contributed by atoms with Crippen LogP contribution in [0.25, 0.3) is 0 Å². The zero-order chi connectivity index (χ0) is 18.4. The van der Waals surface area contributed by atoms with Gasteiger partial charge in [0.1, 0.15) is 11.6 Å². The maximum absolute atomic E-state index is 14.3. The Morgan fingerprint density at radius 3 is 2.72 bits per heavy atom. The summed E-state index contributed by atoms with van der Waals surface area (Å²) in [7, 11) is 0. The van der Waals surface area contributed by atoms with Crippen LogP contribution in [0.2, 0.25) is 0 Å². The number of aliphatic imine (C=N–C) groups is 1. The van der Waals surface area contributed by atoms with E-state index in [0.29, 0.717) is 5.69 Å². The zero-order valence-corrected chi connectivity index (χ0v) is 14.2. The maximum Gasteiger partial charge on any atom is 0.298 e. The summed E-state index contributed by atoms with van der Waals surface area (Å²) in [6, 6.07) is 3.18. The van der Waals surface area contributed by atoms with Crippen molar-refractivity contribution in [1.82, 2.24) is 5.16 Å². The predicted molar refractivity (Wildman–Crippen MR) is 86.5 cm³/mol. The van der Waals surface area contributed by atoms with Crippen LogP contribution in [0.1, 0.15) is 47.6 Å². The molecule has 134 valence electrons. The van der Waals surface area contributed by atoms with Crippen molar-refractivity contribution in [3.63, 3.8) is 0 Å². The minimum Gasteiger partial charge on any atom is -0.378 e. The number of nitrogens with two attached hydrogens (primary N) is 1. The number of aryl methyl sites for hydroxylation is 1. The maximum atomic E-state index is 14.3. The molecule has 0 fully saturated rings. The van der Waals surface area contributed by atoms with Crippen molar-refractivity contribution in [3.05, 3.63) is 52.4 Å². The van der Waals surface area contributed by atoms with Crippen molar-refractivity contribution >= 4 is 16.9 Å². The number of hydrogen-bond donors (Lipinski definition) is 1. The molecule has 2 heterocycles. The fourth-order valence-electron chi connectivity index (χ4n) is 3.06. The molecular formula is C16H15F4N3OS. The van der Waals surface area contributed by atoms with Gasteiger partial charge in [-0.3, -0.25) is 4.99 Å². The van der Waals surface area contributed by atoms with E-state index in [1.54, 1.807) is 13.8 Å². The van der Waals surface area contributed by atoms with Crippen LogP contribution < -0.4 is 5.73 Å². The Kier molecular flexibility index (Phi) is 4.52. The number of halogens is 4. The van der Waals surface area contributed by atoms with Crippen LogP contribution in [0.5, 0.6) is 0 Å². The van der Waals surface area contributed by atoms with E-state index >= 15 is 0 Å². The summed E-state index contributed by atoms with van der Waals surface area (Å²) in [5.41, 5.74) is 5.47. The van der Waals surface area contributed by atoms with E-state index in [4.69, 9.17) is 10.3 Å². The fourth-order valence-corrected chi connectivity index (χ4v) is 4.42. The van der Waals surface area contributed by atoms with E-state index in [1.807, 2.05) is 0 Å². The third-order valence-electron chi connectivity index (χ3n) is 4.17. The number of nitrogens with zero attached hydrogens (tertiary/aromatic N) is 2. The van der Waals surface area contributed by atoms with Gasteiger partial charge >= 0.3 is 0 Å². The molecule has 9 heteroatoms. The summed E-state index contributed by atoms with van der Waals surface area (Å²) in [6.07, 6.45) is -2.64. The van der Waals surface area contributed by atoms with Gasteiger partial charge in [-0.25, -0.2) is 17.6 Å². The Morgan fingerprint density at radius 1 is 1.36 bits per heavy atom. The van der Waals surface area contributed by atoms with Gasteiger partial charge in [0.2, 0.25) is 5.76 Å². The number of alkyl halides is 2. The molecule has 0 spiro atoms. The highest BCUT2D eigenvalue weighted by atomic mass is 32.2. The molecule has 0 unspecified atom stereocenters. The second-order valence-corrected chi connectivity index (χ2v) is 7.23. The molecule has 0 amide bonds. The molecule has 0 saturated carbocycles. The van der Waals surface area contributed by atoms with Crippen LogP contribution in [-0.2, 0) is 5.54 Å². The fraction of sp³-hybridized carbons (Fsp3) is 0.375. The summed E-state index contributed by atoms with van der Waals surface area (Å²) in [5.74, 6) is -1.99. The second-order valence-electron chi connectivity index (χ2n) is 6.01. The van der Waals surface area contributed by atoms with E-state index < -0.39 is 34.6 Å². The molecule has 2 aromatic rings. The molecule has 1 aliphatic rings. The zero-order valence-electron chi connectivity index (χ0n) is 13.4. The number of rotatable bonds is 3. The van der Waals surface area contributed by atoms with Gasteiger partial charge in [0.15, 0.2) is 5.17 Å². The number of thioether (sulfide) groups is 1. The van der Waals surface area contributed by atoms with Gasteiger partial charge in [-0.1, -0.05) is 23.0 Å². The average Bonchev–Trinajstić information content (AvgIpc) is 2.87. The van der Waals surface area contributed by atoms with Crippen LogP contribution in [0, 0.1) is 18.6 Å². The Labute approximate surface area is 145 Å². The minimum absolute atomic E-state index is 0.128. The standard InChI is InChI=1S/C16H15F4N3OS/c1-7-12(13(14(19)20)24-23-7)11-6-16(2,22-15(21)25-11)9-4-3-8(17)5-10(9)18/h3-5,11,14H,6H2,1-2H3,(H2,21,22)/t11-,16-/m0/s1. The van der Waals surface area contributed by atoms with E-state index in [2.05, 4.69) is 10.1 Å². The minimum atomic E-state index is -2.83. The van der Waals surface area contributed by atoms with E-state index in [-0.39, 0.29) is 22.7 Å². The molecule has 25 heavy (non-hydrogen) atoms. The third-order valence-corrected chi connectivity index (χ3v) is 5.19. The highest BCUT2D eigenvalue weighted by Gasteiger charge is 2.40. The van der Waals surface area contributed by atoms with Crippen molar-refractivity contribution in [2.75, 3.05) is 0 Å². The largest absolute Gasteiger partial charge is 0.378 e. The Morgan fingerprint density at radius 2 is 2.08 bits per heavy atom. The van der Waals surface area contributed by atoms with Gasteiger partial charge in [0, 0.05) is 22.4 Å². The van der Waals surface area contributed by atoms with Crippen LogP contribution >= 0.6 is 11.8 Å². The van der Waals surface area contributed by atoms with E-state index in [1.165, 1.54) is 6.07 Å². The monoisotopic (exact) mass is 373 g/mol. The Hall–Kier alpha value is -2.03. The lowest BCUT2D eigenvalue weighted by atomic mass is 9.85. The topological polar surface area (TPSA) is 64.4 Å². The quantitative estimate of drug-likeness (QED) is 0.798. The van der Waals surface area contributed by atoms with Crippen LogP contribution in [-0.4, -0.2) is 10.3 Å². The molecule has 1 aliphatic heterocycles. The molecule has 2 N–H and O–H groups in total. The van der Waals surface area contributed by atoms with Crippen LogP contribution in [0.15, 0.2) is 27.7 Å². The number of amidine groups is 1. The van der Waals surface area contributed by atoms with Gasteiger partial charge in [0.05, 0.1) is 11.2 Å². The van der Waals surface area contributed by atoms with Crippen molar-refractivity contribution in [1.29, 1.82) is 0 Å². The van der Waals surface area contributed by atoms with Gasteiger partial charge in [-0.05, 0) is 26.3 Å². The number of aromatic nitrogens is 1. The van der Waals surface area contributed by atoms with Gasteiger partial charge < -0.3 is 10.3 Å². The van der Waals surface area contributed by atoms with Gasteiger partial charge in [-0.2, -0.15) is 0 Å². The summed E-state index contributed by atoms with van der Waals surface area (Å²) < 4.78 is 58.6. The average molecular weight is 373 g/mol. The van der Waals surface area contributed by atoms with Gasteiger partial charge in [-0.15, -0.1) is 0 Å². The van der Waals surface area contributed by atoms with Crippen LogP contribution in [0.3, 0.4) is 0 Å². The Balaban J connectivity index is 2.05. The smallest absolute Gasteiger partial charge is 0.298 e. The molecule has 4 nitrogen and oxygen atoms in total. The second kappa shape index (κ2) is 6.36. The van der Waals surface area contributed by atoms with Crippen LogP contribution in [0.4, 0.5) is 17.6 Å². The summed E-state index contributed by atoms with van der Waals surface area (Å²) in [4.78, 5) is 4.30. The first-order chi connectivity index (χ1) is 11.7. The van der Waals surface area contributed by atoms with Crippen molar-refractivity contribution < 1.29 is 22.1 Å². The van der Waals surface area contributed by atoms with Crippen molar-refractivity contribution in [3.8, 4) is 0 Å². The van der Waals surface area contributed by atoms with Crippen molar-refractivity contribution in [2.45, 2.75) is 37.5 Å². The first kappa shape index (κ1) is 17.8.